The molecule has 17 heavy (non-hydrogen) atoms. The Hall–Kier alpha value is -0.0300. The van der Waals surface area contributed by atoms with E-state index in [0.717, 1.165) is 23.2 Å². The number of rotatable bonds is 4. The van der Waals surface area contributed by atoms with Crippen LogP contribution in [0.4, 0.5) is 0 Å². The van der Waals surface area contributed by atoms with Crippen LogP contribution in [0.5, 0.6) is 0 Å². The highest BCUT2D eigenvalue weighted by Crippen LogP contribution is 2.36. The van der Waals surface area contributed by atoms with E-state index in [9.17, 15) is 5.11 Å². The zero-order chi connectivity index (χ0) is 12.5. The SMILES string of the molecule is CC(C)(CO)c1ccc(SC2COC2)c(Br)c1. The third kappa shape index (κ3) is 3.05. The third-order valence-corrected chi connectivity index (χ3v) is 5.14. The topological polar surface area (TPSA) is 29.5 Å². The van der Waals surface area contributed by atoms with Gasteiger partial charge in [0.15, 0.2) is 0 Å². The Labute approximate surface area is 115 Å². The fourth-order valence-electron chi connectivity index (χ4n) is 1.57. The van der Waals surface area contributed by atoms with Gasteiger partial charge in [-0.25, -0.2) is 0 Å². The molecular formula is C13H17BrO2S. The van der Waals surface area contributed by atoms with Gasteiger partial charge in [0.1, 0.15) is 0 Å². The Balaban J connectivity index is 2.16. The minimum absolute atomic E-state index is 0.155. The van der Waals surface area contributed by atoms with Crippen LogP contribution in [0.1, 0.15) is 19.4 Å². The van der Waals surface area contributed by atoms with Gasteiger partial charge < -0.3 is 9.84 Å². The smallest absolute Gasteiger partial charge is 0.0611 e. The van der Waals surface area contributed by atoms with Gasteiger partial charge in [-0.1, -0.05) is 19.9 Å². The van der Waals surface area contributed by atoms with Gasteiger partial charge in [-0.3, -0.25) is 0 Å². The van der Waals surface area contributed by atoms with Gasteiger partial charge in [-0.2, -0.15) is 0 Å². The summed E-state index contributed by atoms with van der Waals surface area (Å²) in [6, 6.07) is 6.33. The maximum Gasteiger partial charge on any atom is 0.0611 e. The fraction of sp³-hybridized carbons (Fsp3) is 0.538. The predicted molar refractivity (Wildman–Crippen MR) is 74.7 cm³/mol. The summed E-state index contributed by atoms with van der Waals surface area (Å²) in [5, 5.41) is 9.95. The number of hydrogen-bond acceptors (Lipinski definition) is 3. The molecule has 0 saturated carbocycles. The lowest BCUT2D eigenvalue weighted by Crippen LogP contribution is -2.30. The Morgan fingerprint density at radius 2 is 2.18 bits per heavy atom. The summed E-state index contributed by atoms with van der Waals surface area (Å²) in [5.74, 6) is 0. The lowest BCUT2D eigenvalue weighted by molar-refractivity contribution is 0.0455. The highest BCUT2D eigenvalue weighted by Gasteiger charge is 2.23. The summed E-state index contributed by atoms with van der Waals surface area (Å²) < 4.78 is 6.28. The maximum atomic E-state index is 9.36. The van der Waals surface area contributed by atoms with Crippen molar-refractivity contribution in [3.05, 3.63) is 28.2 Å². The molecule has 1 aromatic rings. The van der Waals surface area contributed by atoms with Crippen LogP contribution in [0.3, 0.4) is 0 Å². The zero-order valence-electron chi connectivity index (χ0n) is 10.1. The van der Waals surface area contributed by atoms with E-state index in [1.165, 1.54) is 4.90 Å². The van der Waals surface area contributed by atoms with E-state index >= 15 is 0 Å². The van der Waals surface area contributed by atoms with E-state index in [1.54, 1.807) is 0 Å². The van der Waals surface area contributed by atoms with Gasteiger partial charge >= 0.3 is 0 Å². The number of benzene rings is 1. The van der Waals surface area contributed by atoms with Crippen molar-refractivity contribution >= 4 is 27.7 Å². The van der Waals surface area contributed by atoms with Crippen molar-refractivity contribution in [1.29, 1.82) is 0 Å². The fourth-order valence-corrected chi connectivity index (χ4v) is 3.24. The zero-order valence-corrected chi connectivity index (χ0v) is 12.5. The molecular weight excluding hydrogens is 300 g/mol. The highest BCUT2D eigenvalue weighted by molar-refractivity contribution is 9.10. The molecule has 0 aliphatic carbocycles. The van der Waals surface area contributed by atoms with Gasteiger partial charge in [0.2, 0.25) is 0 Å². The molecule has 1 N–H and O–H groups in total. The van der Waals surface area contributed by atoms with Crippen molar-refractivity contribution in [2.45, 2.75) is 29.4 Å². The Morgan fingerprint density at radius 1 is 1.47 bits per heavy atom. The Morgan fingerprint density at radius 3 is 2.65 bits per heavy atom. The van der Waals surface area contributed by atoms with Crippen LogP contribution in [0, 0.1) is 0 Å². The molecule has 1 saturated heterocycles. The van der Waals surface area contributed by atoms with Gasteiger partial charge in [-0.15, -0.1) is 11.8 Å². The summed E-state index contributed by atoms with van der Waals surface area (Å²) in [7, 11) is 0. The second-order valence-electron chi connectivity index (χ2n) is 4.96. The van der Waals surface area contributed by atoms with E-state index in [1.807, 2.05) is 25.6 Å². The summed E-state index contributed by atoms with van der Waals surface area (Å²) >= 11 is 5.46. The van der Waals surface area contributed by atoms with E-state index in [2.05, 4.69) is 34.1 Å². The molecule has 0 aromatic heterocycles. The van der Waals surface area contributed by atoms with Gasteiger partial charge in [0, 0.05) is 14.8 Å². The van der Waals surface area contributed by atoms with Crippen LogP contribution in [-0.4, -0.2) is 30.2 Å². The highest BCUT2D eigenvalue weighted by atomic mass is 79.9. The molecule has 0 spiro atoms. The lowest BCUT2D eigenvalue weighted by Gasteiger charge is -2.27. The van der Waals surface area contributed by atoms with Crippen LogP contribution in [0.15, 0.2) is 27.6 Å². The standard InChI is InChI=1S/C13H17BrO2S/c1-13(2,8-15)9-3-4-12(11(14)5-9)17-10-6-16-7-10/h3-5,10,15H,6-8H2,1-2H3. The molecule has 0 bridgehead atoms. The van der Waals surface area contributed by atoms with Crippen molar-refractivity contribution in [3.8, 4) is 0 Å². The van der Waals surface area contributed by atoms with E-state index < -0.39 is 0 Å². The molecule has 1 aliphatic rings. The molecule has 0 radical (unpaired) electrons. The summed E-state index contributed by atoms with van der Waals surface area (Å²) in [6.07, 6.45) is 0. The first kappa shape index (κ1) is 13.4. The van der Waals surface area contributed by atoms with Crippen molar-refractivity contribution < 1.29 is 9.84 Å². The number of thioether (sulfide) groups is 1. The number of aliphatic hydroxyl groups is 1. The number of ether oxygens (including phenoxy) is 1. The molecule has 2 nitrogen and oxygen atoms in total. The first-order valence-electron chi connectivity index (χ1n) is 5.68. The molecule has 0 amide bonds. The van der Waals surface area contributed by atoms with E-state index in [0.29, 0.717) is 5.25 Å². The van der Waals surface area contributed by atoms with Crippen LogP contribution >= 0.6 is 27.7 Å². The maximum absolute atomic E-state index is 9.36. The molecule has 94 valence electrons. The molecule has 1 aromatic carbocycles. The Kier molecular flexibility index (Phi) is 4.18. The normalized spacial score (nSPS) is 16.9. The minimum atomic E-state index is -0.189. The summed E-state index contributed by atoms with van der Waals surface area (Å²) in [4.78, 5) is 1.25. The largest absolute Gasteiger partial charge is 0.395 e. The molecule has 0 unspecified atom stereocenters. The van der Waals surface area contributed by atoms with Crippen molar-refractivity contribution in [3.63, 3.8) is 0 Å². The summed E-state index contributed by atoms with van der Waals surface area (Å²) in [6.45, 7) is 5.94. The molecule has 4 heteroatoms. The minimum Gasteiger partial charge on any atom is -0.395 e. The predicted octanol–water partition coefficient (Wildman–Crippen LogP) is 3.21. The second kappa shape index (κ2) is 5.31. The number of aliphatic hydroxyl groups excluding tert-OH is 1. The lowest BCUT2D eigenvalue weighted by atomic mass is 9.86. The molecule has 1 fully saturated rings. The van der Waals surface area contributed by atoms with Crippen LogP contribution in [0.2, 0.25) is 0 Å². The van der Waals surface area contributed by atoms with Crippen LogP contribution in [0.25, 0.3) is 0 Å². The average Bonchev–Trinajstić information content (AvgIpc) is 2.25. The molecule has 1 heterocycles. The Bertz CT molecular complexity index is 402. The van der Waals surface area contributed by atoms with Gasteiger partial charge in [0.05, 0.1) is 25.1 Å². The number of halogens is 1. The molecule has 2 rings (SSSR count). The van der Waals surface area contributed by atoms with E-state index in [4.69, 9.17) is 4.74 Å². The van der Waals surface area contributed by atoms with Crippen molar-refractivity contribution in [2.24, 2.45) is 0 Å². The quantitative estimate of drug-likeness (QED) is 0.925. The van der Waals surface area contributed by atoms with E-state index in [-0.39, 0.29) is 12.0 Å². The molecule has 1 aliphatic heterocycles. The van der Waals surface area contributed by atoms with Gasteiger partial charge in [-0.05, 0) is 33.6 Å². The molecule has 0 atom stereocenters. The average molecular weight is 317 g/mol. The summed E-state index contributed by atoms with van der Waals surface area (Å²) in [5.41, 5.74) is 0.965. The van der Waals surface area contributed by atoms with Crippen LogP contribution < -0.4 is 0 Å². The first-order chi connectivity index (χ1) is 8.03. The number of hydrogen-bond donors (Lipinski definition) is 1. The van der Waals surface area contributed by atoms with Crippen molar-refractivity contribution in [1.82, 2.24) is 0 Å². The second-order valence-corrected chi connectivity index (χ2v) is 7.16. The van der Waals surface area contributed by atoms with Gasteiger partial charge in [0.25, 0.3) is 0 Å². The van der Waals surface area contributed by atoms with Crippen LogP contribution in [-0.2, 0) is 10.2 Å². The monoisotopic (exact) mass is 316 g/mol. The third-order valence-electron chi connectivity index (χ3n) is 3.01. The first-order valence-corrected chi connectivity index (χ1v) is 7.35. The van der Waals surface area contributed by atoms with Crippen molar-refractivity contribution in [2.75, 3.05) is 19.8 Å².